The van der Waals surface area contributed by atoms with Crippen LogP contribution in [0, 0.1) is 0 Å². The SMILES string of the molecule is O=C(Cc1csc(-c2ccccc2)n1)N1CCN(C(=O)[C@@H]2CCCO2)CC1. The summed E-state index contributed by atoms with van der Waals surface area (Å²) in [6.07, 6.45) is 1.79. The van der Waals surface area contributed by atoms with Gasteiger partial charge in [0.1, 0.15) is 11.1 Å². The van der Waals surface area contributed by atoms with Gasteiger partial charge in [-0.1, -0.05) is 30.3 Å². The number of hydrogen-bond donors (Lipinski definition) is 0. The molecular weight excluding hydrogens is 362 g/mol. The number of thiazole rings is 1. The van der Waals surface area contributed by atoms with Gasteiger partial charge in [-0.15, -0.1) is 11.3 Å². The van der Waals surface area contributed by atoms with Crippen molar-refractivity contribution < 1.29 is 14.3 Å². The first-order valence-electron chi connectivity index (χ1n) is 9.39. The smallest absolute Gasteiger partial charge is 0.251 e. The van der Waals surface area contributed by atoms with Crippen molar-refractivity contribution in [3.8, 4) is 10.6 Å². The van der Waals surface area contributed by atoms with Crippen LogP contribution in [0.5, 0.6) is 0 Å². The minimum absolute atomic E-state index is 0.0733. The fourth-order valence-corrected chi connectivity index (χ4v) is 4.35. The molecule has 2 aliphatic heterocycles. The molecule has 2 aromatic rings. The van der Waals surface area contributed by atoms with Gasteiger partial charge >= 0.3 is 0 Å². The first-order valence-corrected chi connectivity index (χ1v) is 10.3. The monoisotopic (exact) mass is 385 g/mol. The average Bonchev–Trinajstić information content (AvgIpc) is 3.40. The molecule has 1 atom stereocenters. The molecule has 6 nitrogen and oxygen atoms in total. The summed E-state index contributed by atoms with van der Waals surface area (Å²) >= 11 is 1.56. The van der Waals surface area contributed by atoms with Crippen LogP contribution in [0.1, 0.15) is 18.5 Å². The lowest BCUT2D eigenvalue weighted by atomic mass is 10.2. The molecule has 0 spiro atoms. The molecule has 0 saturated carbocycles. The molecule has 0 aliphatic carbocycles. The number of nitrogens with zero attached hydrogens (tertiary/aromatic N) is 3. The number of benzene rings is 1. The molecule has 2 amide bonds. The van der Waals surface area contributed by atoms with Crippen molar-refractivity contribution in [1.29, 1.82) is 0 Å². The fraction of sp³-hybridized carbons (Fsp3) is 0.450. The predicted octanol–water partition coefficient (Wildman–Crippen LogP) is 2.20. The molecule has 0 radical (unpaired) electrons. The van der Waals surface area contributed by atoms with Gasteiger partial charge in [-0.05, 0) is 12.8 Å². The summed E-state index contributed by atoms with van der Waals surface area (Å²) in [6.45, 7) is 2.99. The molecule has 1 aromatic carbocycles. The molecule has 27 heavy (non-hydrogen) atoms. The van der Waals surface area contributed by atoms with Crippen molar-refractivity contribution in [2.24, 2.45) is 0 Å². The molecule has 0 N–H and O–H groups in total. The van der Waals surface area contributed by atoms with Crippen molar-refractivity contribution in [1.82, 2.24) is 14.8 Å². The van der Waals surface area contributed by atoms with Crippen LogP contribution < -0.4 is 0 Å². The van der Waals surface area contributed by atoms with Crippen molar-refractivity contribution >= 4 is 23.2 Å². The van der Waals surface area contributed by atoms with Crippen LogP contribution in [0.25, 0.3) is 10.6 Å². The summed E-state index contributed by atoms with van der Waals surface area (Å²) in [5, 5.41) is 2.89. The predicted molar refractivity (Wildman–Crippen MR) is 103 cm³/mol. The number of amides is 2. The summed E-state index contributed by atoms with van der Waals surface area (Å²) in [4.78, 5) is 33.3. The van der Waals surface area contributed by atoms with E-state index in [2.05, 4.69) is 4.98 Å². The normalized spacial score (nSPS) is 20.1. The van der Waals surface area contributed by atoms with Gasteiger partial charge in [0.15, 0.2) is 0 Å². The van der Waals surface area contributed by atoms with Gasteiger partial charge < -0.3 is 14.5 Å². The number of aromatic nitrogens is 1. The minimum Gasteiger partial charge on any atom is -0.368 e. The number of carbonyl (C=O) groups excluding carboxylic acids is 2. The van der Waals surface area contributed by atoms with E-state index >= 15 is 0 Å². The van der Waals surface area contributed by atoms with E-state index in [-0.39, 0.29) is 17.9 Å². The molecule has 142 valence electrons. The second-order valence-corrected chi connectivity index (χ2v) is 7.75. The van der Waals surface area contributed by atoms with Crippen LogP contribution >= 0.6 is 11.3 Å². The van der Waals surface area contributed by atoms with E-state index in [4.69, 9.17) is 4.74 Å². The second-order valence-electron chi connectivity index (χ2n) is 6.89. The first-order chi connectivity index (χ1) is 13.2. The second kappa shape index (κ2) is 8.19. The summed E-state index contributed by atoms with van der Waals surface area (Å²) in [7, 11) is 0. The fourth-order valence-electron chi connectivity index (χ4n) is 3.52. The maximum absolute atomic E-state index is 12.6. The summed E-state index contributed by atoms with van der Waals surface area (Å²) in [6, 6.07) is 9.99. The van der Waals surface area contributed by atoms with Gasteiger partial charge in [-0.2, -0.15) is 0 Å². The van der Waals surface area contributed by atoms with Crippen LogP contribution in [-0.2, 0) is 20.7 Å². The van der Waals surface area contributed by atoms with E-state index < -0.39 is 0 Å². The highest BCUT2D eigenvalue weighted by atomic mass is 32.1. The maximum Gasteiger partial charge on any atom is 0.251 e. The van der Waals surface area contributed by atoms with E-state index in [1.807, 2.05) is 45.5 Å². The summed E-state index contributed by atoms with van der Waals surface area (Å²) < 4.78 is 5.48. The van der Waals surface area contributed by atoms with Gasteiger partial charge in [-0.25, -0.2) is 4.98 Å². The number of ether oxygens (including phenoxy) is 1. The van der Waals surface area contributed by atoms with E-state index in [1.54, 1.807) is 11.3 Å². The van der Waals surface area contributed by atoms with E-state index in [0.29, 0.717) is 39.2 Å². The zero-order valence-electron chi connectivity index (χ0n) is 15.2. The molecule has 0 unspecified atom stereocenters. The molecule has 1 aromatic heterocycles. The third kappa shape index (κ3) is 4.20. The number of hydrogen-bond acceptors (Lipinski definition) is 5. The van der Waals surface area contributed by atoms with Crippen molar-refractivity contribution in [3.63, 3.8) is 0 Å². The van der Waals surface area contributed by atoms with Crippen LogP contribution in [0.2, 0.25) is 0 Å². The van der Waals surface area contributed by atoms with Crippen LogP contribution in [-0.4, -0.2) is 65.5 Å². The average molecular weight is 385 g/mol. The first kappa shape index (κ1) is 18.1. The molecular formula is C20H23N3O3S. The largest absolute Gasteiger partial charge is 0.368 e. The Hall–Kier alpha value is -2.25. The van der Waals surface area contributed by atoms with Crippen LogP contribution in [0.15, 0.2) is 35.7 Å². The molecule has 0 bridgehead atoms. The van der Waals surface area contributed by atoms with Gasteiger partial charge in [0, 0.05) is 43.7 Å². The minimum atomic E-state index is -0.279. The number of rotatable bonds is 4. The highest BCUT2D eigenvalue weighted by Gasteiger charge is 2.31. The lowest BCUT2D eigenvalue weighted by molar-refractivity contribution is -0.145. The van der Waals surface area contributed by atoms with E-state index in [9.17, 15) is 9.59 Å². The Morgan fingerprint density at radius 2 is 1.85 bits per heavy atom. The molecule has 2 aliphatic rings. The van der Waals surface area contributed by atoms with Crippen LogP contribution in [0.3, 0.4) is 0 Å². The topological polar surface area (TPSA) is 62.7 Å². The Balaban J connectivity index is 1.30. The zero-order valence-corrected chi connectivity index (χ0v) is 16.0. The van der Waals surface area contributed by atoms with Crippen LogP contribution in [0.4, 0.5) is 0 Å². The van der Waals surface area contributed by atoms with E-state index in [0.717, 1.165) is 29.1 Å². The zero-order chi connectivity index (χ0) is 18.6. The lowest BCUT2D eigenvalue weighted by Crippen LogP contribution is -2.53. The Labute approximate surface area is 162 Å². The van der Waals surface area contributed by atoms with Gasteiger partial charge in [0.05, 0.1) is 12.1 Å². The van der Waals surface area contributed by atoms with Crippen molar-refractivity contribution in [2.45, 2.75) is 25.4 Å². The molecule has 7 heteroatoms. The maximum atomic E-state index is 12.6. The highest BCUT2D eigenvalue weighted by Crippen LogP contribution is 2.24. The Morgan fingerprint density at radius 1 is 1.11 bits per heavy atom. The lowest BCUT2D eigenvalue weighted by Gasteiger charge is -2.35. The molecule has 4 rings (SSSR count). The Morgan fingerprint density at radius 3 is 2.56 bits per heavy atom. The summed E-state index contributed by atoms with van der Waals surface area (Å²) in [5.74, 6) is 0.149. The highest BCUT2D eigenvalue weighted by molar-refractivity contribution is 7.13. The third-order valence-electron chi connectivity index (χ3n) is 5.05. The number of piperazine rings is 1. The number of carbonyl (C=O) groups is 2. The quantitative estimate of drug-likeness (QED) is 0.810. The third-order valence-corrected chi connectivity index (χ3v) is 5.99. The van der Waals surface area contributed by atoms with E-state index in [1.165, 1.54) is 0 Å². The Kier molecular flexibility index (Phi) is 5.50. The molecule has 2 saturated heterocycles. The van der Waals surface area contributed by atoms with Gasteiger partial charge in [-0.3, -0.25) is 9.59 Å². The molecule has 2 fully saturated rings. The standard InChI is InChI=1S/C20H23N3O3S/c24-18(13-16-14-27-19(21-16)15-5-2-1-3-6-15)22-8-10-23(11-9-22)20(25)17-7-4-12-26-17/h1-3,5-6,14,17H,4,7-13H2/t17-/m0/s1. The van der Waals surface area contributed by atoms with Crippen molar-refractivity contribution in [3.05, 3.63) is 41.4 Å². The van der Waals surface area contributed by atoms with Gasteiger partial charge in [0.2, 0.25) is 5.91 Å². The Bertz CT molecular complexity index is 794. The van der Waals surface area contributed by atoms with Crippen molar-refractivity contribution in [2.75, 3.05) is 32.8 Å². The molecule has 3 heterocycles. The van der Waals surface area contributed by atoms with Gasteiger partial charge in [0.25, 0.3) is 5.91 Å². The summed E-state index contributed by atoms with van der Waals surface area (Å²) in [5.41, 5.74) is 1.88.